The van der Waals surface area contributed by atoms with Gasteiger partial charge in [0.25, 0.3) is 0 Å². The number of thioether (sulfide) groups is 1. The molecule has 1 saturated heterocycles. The first-order valence-corrected chi connectivity index (χ1v) is 9.18. The van der Waals surface area contributed by atoms with Crippen molar-refractivity contribution in [3.05, 3.63) is 24.3 Å². The Kier molecular flexibility index (Phi) is 5.43. The molecular formula is C17H23N3O2S. The highest BCUT2D eigenvalue weighted by molar-refractivity contribution is 8.00. The summed E-state index contributed by atoms with van der Waals surface area (Å²) in [5.41, 5.74) is 0.863. The van der Waals surface area contributed by atoms with Crippen molar-refractivity contribution >= 4 is 29.4 Å². The molecule has 0 radical (unpaired) electrons. The first kappa shape index (κ1) is 16.2. The third-order valence-electron chi connectivity index (χ3n) is 4.33. The van der Waals surface area contributed by atoms with E-state index in [4.69, 9.17) is 0 Å². The summed E-state index contributed by atoms with van der Waals surface area (Å²) in [7, 11) is 0. The number of hydrogen-bond acceptors (Lipinski definition) is 3. The number of rotatable bonds is 4. The van der Waals surface area contributed by atoms with Crippen LogP contribution in [0.5, 0.6) is 0 Å². The Hall–Kier alpha value is -1.69. The number of benzene rings is 1. The average Bonchev–Trinajstić information content (AvgIpc) is 3.05. The van der Waals surface area contributed by atoms with Gasteiger partial charge < -0.3 is 16.0 Å². The number of carbonyl (C=O) groups is 2. The Morgan fingerprint density at radius 2 is 1.96 bits per heavy atom. The smallest absolute Gasteiger partial charge is 0.319 e. The van der Waals surface area contributed by atoms with Gasteiger partial charge in [-0.25, -0.2) is 4.79 Å². The van der Waals surface area contributed by atoms with Crippen molar-refractivity contribution in [2.24, 2.45) is 0 Å². The number of amides is 3. The molecule has 3 N–H and O–H groups in total. The predicted molar refractivity (Wildman–Crippen MR) is 92.7 cm³/mol. The number of anilines is 1. The van der Waals surface area contributed by atoms with Gasteiger partial charge in [-0.05, 0) is 31.4 Å². The van der Waals surface area contributed by atoms with Crippen molar-refractivity contribution in [2.75, 3.05) is 11.9 Å². The number of nitrogens with one attached hydrogen (secondary N) is 3. The second-order valence-corrected chi connectivity index (χ2v) is 7.50. The summed E-state index contributed by atoms with van der Waals surface area (Å²) in [5.74, 6) is 0.0572. The van der Waals surface area contributed by atoms with E-state index in [2.05, 4.69) is 22.0 Å². The van der Waals surface area contributed by atoms with Crippen molar-refractivity contribution in [3.8, 4) is 0 Å². The van der Waals surface area contributed by atoms with E-state index in [1.807, 2.05) is 30.0 Å². The van der Waals surface area contributed by atoms with Crippen molar-refractivity contribution < 1.29 is 9.59 Å². The highest BCUT2D eigenvalue weighted by atomic mass is 32.2. The molecule has 0 bridgehead atoms. The zero-order valence-corrected chi connectivity index (χ0v) is 14.0. The van der Waals surface area contributed by atoms with Gasteiger partial charge in [-0.2, -0.15) is 0 Å². The lowest BCUT2D eigenvalue weighted by molar-refractivity contribution is -0.122. The van der Waals surface area contributed by atoms with Crippen LogP contribution in [0.25, 0.3) is 0 Å². The van der Waals surface area contributed by atoms with Crippen LogP contribution in [0.4, 0.5) is 10.5 Å². The monoisotopic (exact) mass is 333 g/mol. The van der Waals surface area contributed by atoms with Crippen molar-refractivity contribution in [1.29, 1.82) is 0 Å². The molecule has 1 aromatic rings. The van der Waals surface area contributed by atoms with Gasteiger partial charge >= 0.3 is 6.03 Å². The number of piperidine rings is 1. The second-order valence-electron chi connectivity index (χ2n) is 6.16. The fourth-order valence-electron chi connectivity index (χ4n) is 3.06. The van der Waals surface area contributed by atoms with Crippen LogP contribution in [0.3, 0.4) is 0 Å². The molecule has 1 heterocycles. The lowest BCUT2D eigenvalue weighted by Crippen LogP contribution is -2.48. The van der Waals surface area contributed by atoms with Gasteiger partial charge in [0.15, 0.2) is 0 Å². The van der Waals surface area contributed by atoms with Crippen LogP contribution in [0.15, 0.2) is 29.2 Å². The molecule has 3 rings (SSSR count). The van der Waals surface area contributed by atoms with Crippen LogP contribution >= 0.6 is 11.8 Å². The summed E-state index contributed by atoms with van der Waals surface area (Å²) in [6.45, 7) is 0.505. The fraction of sp³-hybridized carbons (Fsp3) is 0.529. The standard InChI is InChI=1S/C17H23N3O2S/c21-16-10-9-12(11-18-16)19-17(22)20-14-7-3-4-8-15(14)23-13-5-1-2-6-13/h3-4,7-8,12-13H,1-2,5-6,9-11H2,(H,18,21)(H2,19,20,22)/t12-/m0/s1. The summed E-state index contributed by atoms with van der Waals surface area (Å²) in [4.78, 5) is 24.5. The molecule has 2 fully saturated rings. The largest absolute Gasteiger partial charge is 0.354 e. The molecule has 3 amide bonds. The third-order valence-corrected chi connectivity index (χ3v) is 5.75. The minimum Gasteiger partial charge on any atom is -0.354 e. The Morgan fingerprint density at radius 3 is 2.70 bits per heavy atom. The molecule has 1 saturated carbocycles. The Labute approximate surface area is 141 Å². The molecule has 23 heavy (non-hydrogen) atoms. The number of carbonyl (C=O) groups excluding carboxylic acids is 2. The molecule has 5 nitrogen and oxygen atoms in total. The molecule has 1 atom stereocenters. The van der Waals surface area contributed by atoms with E-state index in [1.54, 1.807) is 0 Å². The lowest BCUT2D eigenvalue weighted by atomic mass is 10.1. The van der Waals surface area contributed by atoms with Crippen LogP contribution in [0.1, 0.15) is 38.5 Å². The van der Waals surface area contributed by atoms with Gasteiger partial charge in [-0.3, -0.25) is 4.79 Å². The average molecular weight is 333 g/mol. The SMILES string of the molecule is O=C1CC[C@H](NC(=O)Nc2ccccc2SC2CCCC2)CN1. The van der Waals surface area contributed by atoms with Gasteiger partial charge in [0.1, 0.15) is 0 Å². The van der Waals surface area contributed by atoms with Crippen LogP contribution < -0.4 is 16.0 Å². The molecule has 2 aliphatic rings. The van der Waals surface area contributed by atoms with Crippen molar-refractivity contribution in [3.63, 3.8) is 0 Å². The molecule has 1 aliphatic carbocycles. The van der Waals surface area contributed by atoms with E-state index in [0.717, 1.165) is 10.6 Å². The zero-order valence-electron chi connectivity index (χ0n) is 13.1. The Morgan fingerprint density at radius 1 is 1.17 bits per heavy atom. The zero-order chi connectivity index (χ0) is 16.1. The quantitative estimate of drug-likeness (QED) is 0.793. The Bertz CT molecular complexity index is 563. The Balaban J connectivity index is 1.56. The van der Waals surface area contributed by atoms with Crippen molar-refractivity contribution in [1.82, 2.24) is 10.6 Å². The maximum Gasteiger partial charge on any atom is 0.319 e. The summed E-state index contributed by atoms with van der Waals surface area (Å²) < 4.78 is 0. The molecular weight excluding hydrogens is 310 g/mol. The molecule has 6 heteroatoms. The highest BCUT2D eigenvalue weighted by Gasteiger charge is 2.21. The molecule has 124 valence electrons. The second kappa shape index (κ2) is 7.73. The number of urea groups is 1. The molecule has 0 spiro atoms. The van der Waals surface area contributed by atoms with E-state index in [0.29, 0.717) is 24.6 Å². The normalized spacial score (nSPS) is 21.7. The maximum absolute atomic E-state index is 12.2. The number of para-hydroxylation sites is 1. The number of hydrogen-bond donors (Lipinski definition) is 3. The maximum atomic E-state index is 12.2. The van der Waals surface area contributed by atoms with Gasteiger partial charge in [-0.15, -0.1) is 11.8 Å². The minimum atomic E-state index is -0.203. The van der Waals surface area contributed by atoms with Crippen LogP contribution in [0, 0.1) is 0 Å². The summed E-state index contributed by atoms with van der Waals surface area (Å²) in [6.07, 6.45) is 6.29. The highest BCUT2D eigenvalue weighted by Crippen LogP contribution is 2.37. The summed E-state index contributed by atoms with van der Waals surface area (Å²) in [5, 5.41) is 9.33. The van der Waals surface area contributed by atoms with E-state index in [-0.39, 0.29) is 18.0 Å². The van der Waals surface area contributed by atoms with Gasteiger partial charge in [0.05, 0.1) is 5.69 Å². The molecule has 1 aromatic carbocycles. The van der Waals surface area contributed by atoms with Gasteiger partial charge in [0, 0.05) is 29.2 Å². The summed E-state index contributed by atoms with van der Waals surface area (Å²) >= 11 is 1.87. The topological polar surface area (TPSA) is 70.2 Å². The minimum absolute atomic E-state index is 0.00217. The first-order valence-electron chi connectivity index (χ1n) is 8.30. The van der Waals surface area contributed by atoms with Gasteiger partial charge in [-0.1, -0.05) is 25.0 Å². The van der Waals surface area contributed by atoms with E-state index in [9.17, 15) is 9.59 Å². The molecule has 1 aliphatic heterocycles. The van der Waals surface area contributed by atoms with E-state index in [1.165, 1.54) is 25.7 Å². The van der Waals surface area contributed by atoms with Crippen LogP contribution in [-0.2, 0) is 4.79 Å². The summed E-state index contributed by atoms with van der Waals surface area (Å²) in [6, 6.07) is 7.76. The first-order chi connectivity index (χ1) is 11.2. The van der Waals surface area contributed by atoms with Crippen LogP contribution in [0.2, 0.25) is 0 Å². The third kappa shape index (κ3) is 4.64. The predicted octanol–water partition coefficient (Wildman–Crippen LogP) is 3.12. The van der Waals surface area contributed by atoms with E-state index >= 15 is 0 Å². The van der Waals surface area contributed by atoms with E-state index < -0.39 is 0 Å². The lowest BCUT2D eigenvalue weighted by Gasteiger charge is -2.24. The van der Waals surface area contributed by atoms with Crippen molar-refractivity contribution in [2.45, 2.75) is 54.7 Å². The van der Waals surface area contributed by atoms with Crippen LogP contribution in [-0.4, -0.2) is 29.8 Å². The molecule has 0 unspecified atom stereocenters. The molecule has 0 aromatic heterocycles. The fourth-order valence-corrected chi connectivity index (χ4v) is 4.39. The van der Waals surface area contributed by atoms with Gasteiger partial charge in [0.2, 0.25) is 5.91 Å².